The van der Waals surface area contributed by atoms with E-state index in [0.29, 0.717) is 31.0 Å². The first-order chi connectivity index (χ1) is 9.59. The third kappa shape index (κ3) is 3.27. The maximum absolute atomic E-state index is 12.5. The average Bonchev–Trinajstić information content (AvgIpc) is 2.94. The highest BCUT2D eigenvalue weighted by Gasteiger charge is 2.29. The average molecular weight is 278 g/mol. The van der Waals surface area contributed by atoms with Crippen molar-refractivity contribution in [3.05, 3.63) is 24.3 Å². The Balaban J connectivity index is 2.21. The minimum Gasteiger partial charge on any atom is -0.481 e. The van der Waals surface area contributed by atoms with Gasteiger partial charge in [0.2, 0.25) is 5.91 Å². The van der Waals surface area contributed by atoms with Crippen molar-refractivity contribution in [2.45, 2.75) is 12.8 Å². The highest BCUT2D eigenvalue weighted by molar-refractivity contribution is 5.98. The number of ether oxygens (including phenoxy) is 1. The molecule has 1 amide bonds. The quantitative estimate of drug-likeness (QED) is 0.787. The zero-order valence-electron chi connectivity index (χ0n) is 11.1. The lowest BCUT2D eigenvalue weighted by molar-refractivity contribution is -0.136. The van der Waals surface area contributed by atoms with Crippen molar-refractivity contribution in [2.75, 3.05) is 30.4 Å². The molecule has 1 aromatic carbocycles. The topological polar surface area (TPSA) is 92.9 Å². The van der Waals surface area contributed by atoms with Gasteiger partial charge in [-0.05, 0) is 18.6 Å². The highest BCUT2D eigenvalue weighted by Crippen LogP contribution is 2.26. The maximum Gasteiger partial charge on any atom is 0.305 e. The fourth-order valence-electron chi connectivity index (χ4n) is 2.24. The Kier molecular flexibility index (Phi) is 4.57. The SMILES string of the molecule is Nc1ccccc1N(CCC(=O)O)C(=O)C1CCOC1. The molecule has 20 heavy (non-hydrogen) atoms. The van der Waals surface area contributed by atoms with Crippen LogP contribution in [0.3, 0.4) is 0 Å². The van der Waals surface area contributed by atoms with Gasteiger partial charge < -0.3 is 20.5 Å². The Morgan fingerprint density at radius 3 is 2.75 bits per heavy atom. The van der Waals surface area contributed by atoms with Crippen LogP contribution in [-0.4, -0.2) is 36.7 Å². The van der Waals surface area contributed by atoms with E-state index in [4.69, 9.17) is 15.6 Å². The Labute approximate surface area is 117 Å². The lowest BCUT2D eigenvalue weighted by atomic mass is 10.1. The summed E-state index contributed by atoms with van der Waals surface area (Å²) in [6.07, 6.45) is 0.544. The molecule has 108 valence electrons. The monoisotopic (exact) mass is 278 g/mol. The number of carboxylic acid groups (broad SMARTS) is 1. The molecule has 3 N–H and O–H groups in total. The molecule has 1 unspecified atom stereocenters. The van der Waals surface area contributed by atoms with Crippen molar-refractivity contribution in [1.29, 1.82) is 0 Å². The summed E-state index contributed by atoms with van der Waals surface area (Å²) >= 11 is 0. The van der Waals surface area contributed by atoms with Gasteiger partial charge in [-0.2, -0.15) is 0 Å². The lowest BCUT2D eigenvalue weighted by Gasteiger charge is -2.26. The van der Waals surface area contributed by atoms with E-state index in [1.807, 2.05) is 0 Å². The number of nitrogen functional groups attached to an aromatic ring is 1. The zero-order valence-corrected chi connectivity index (χ0v) is 11.1. The van der Waals surface area contributed by atoms with Gasteiger partial charge in [-0.1, -0.05) is 12.1 Å². The molecule has 1 heterocycles. The summed E-state index contributed by atoms with van der Waals surface area (Å²) in [5.41, 5.74) is 6.92. The van der Waals surface area contributed by atoms with Crippen molar-refractivity contribution < 1.29 is 19.4 Å². The van der Waals surface area contributed by atoms with Crippen LogP contribution in [0.1, 0.15) is 12.8 Å². The fourth-order valence-corrected chi connectivity index (χ4v) is 2.24. The summed E-state index contributed by atoms with van der Waals surface area (Å²) in [4.78, 5) is 24.7. The number of carboxylic acids is 1. The molecule has 0 aromatic heterocycles. The van der Waals surface area contributed by atoms with Gasteiger partial charge in [-0.3, -0.25) is 9.59 Å². The van der Waals surface area contributed by atoms with Crippen molar-refractivity contribution in [2.24, 2.45) is 5.92 Å². The number of rotatable bonds is 5. The number of aliphatic carboxylic acids is 1. The van der Waals surface area contributed by atoms with E-state index in [1.54, 1.807) is 24.3 Å². The van der Waals surface area contributed by atoms with E-state index in [0.717, 1.165) is 0 Å². The Morgan fingerprint density at radius 1 is 1.40 bits per heavy atom. The predicted molar refractivity (Wildman–Crippen MR) is 74.4 cm³/mol. The standard InChI is InChI=1S/C14H18N2O4/c15-11-3-1-2-4-12(11)16(7-5-13(17)18)14(19)10-6-8-20-9-10/h1-4,10H,5-9,15H2,(H,17,18). The number of nitrogens with two attached hydrogens (primary N) is 1. The number of carbonyl (C=O) groups is 2. The summed E-state index contributed by atoms with van der Waals surface area (Å²) in [5.74, 6) is -1.29. The zero-order chi connectivity index (χ0) is 14.5. The normalized spacial score (nSPS) is 17.9. The van der Waals surface area contributed by atoms with E-state index in [2.05, 4.69) is 0 Å². The molecule has 0 saturated carbocycles. The third-order valence-corrected chi connectivity index (χ3v) is 3.32. The van der Waals surface area contributed by atoms with E-state index in [-0.39, 0.29) is 24.8 Å². The van der Waals surface area contributed by atoms with Crippen molar-refractivity contribution >= 4 is 23.3 Å². The van der Waals surface area contributed by atoms with Crippen LogP contribution >= 0.6 is 0 Å². The number of hydrogen-bond acceptors (Lipinski definition) is 4. The van der Waals surface area contributed by atoms with Crippen LogP contribution in [0.4, 0.5) is 11.4 Å². The van der Waals surface area contributed by atoms with E-state index in [1.165, 1.54) is 4.90 Å². The molecule has 2 rings (SSSR count). The number of hydrogen-bond donors (Lipinski definition) is 2. The maximum atomic E-state index is 12.5. The second-order valence-corrected chi connectivity index (χ2v) is 4.75. The molecule has 1 aromatic rings. The first kappa shape index (κ1) is 14.3. The van der Waals surface area contributed by atoms with Crippen molar-refractivity contribution in [3.63, 3.8) is 0 Å². The fraction of sp³-hybridized carbons (Fsp3) is 0.429. The summed E-state index contributed by atoms with van der Waals surface area (Å²) < 4.78 is 5.23. The van der Waals surface area contributed by atoms with E-state index in [9.17, 15) is 9.59 Å². The third-order valence-electron chi connectivity index (χ3n) is 3.32. The van der Waals surface area contributed by atoms with Gasteiger partial charge in [0.15, 0.2) is 0 Å². The van der Waals surface area contributed by atoms with Gasteiger partial charge in [-0.15, -0.1) is 0 Å². The van der Waals surface area contributed by atoms with Crippen LogP contribution in [-0.2, 0) is 14.3 Å². The number of amides is 1. The Bertz CT molecular complexity index is 498. The number of benzene rings is 1. The summed E-state index contributed by atoms with van der Waals surface area (Å²) in [7, 11) is 0. The molecule has 1 atom stereocenters. The first-order valence-electron chi connectivity index (χ1n) is 6.55. The number of para-hydroxylation sites is 2. The van der Waals surface area contributed by atoms with Gasteiger partial charge >= 0.3 is 5.97 Å². The first-order valence-corrected chi connectivity index (χ1v) is 6.55. The van der Waals surface area contributed by atoms with E-state index >= 15 is 0 Å². The van der Waals surface area contributed by atoms with Crippen molar-refractivity contribution in [1.82, 2.24) is 0 Å². The number of anilines is 2. The minimum atomic E-state index is -0.944. The molecule has 1 aliphatic heterocycles. The predicted octanol–water partition coefficient (Wildman–Crippen LogP) is 1.11. The van der Waals surface area contributed by atoms with Crippen LogP contribution in [0.25, 0.3) is 0 Å². The molecule has 0 radical (unpaired) electrons. The van der Waals surface area contributed by atoms with Gasteiger partial charge in [0.05, 0.1) is 30.3 Å². The molecular weight excluding hydrogens is 260 g/mol. The molecule has 1 aliphatic rings. The van der Waals surface area contributed by atoms with Gasteiger partial charge in [-0.25, -0.2) is 0 Å². The largest absolute Gasteiger partial charge is 0.481 e. The molecule has 6 heteroatoms. The van der Waals surface area contributed by atoms with Crippen LogP contribution in [0.15, 0.2) is 24.3 Å². The van der Waals surface area contributed by atoms with Gasteiger partial charge in [0, 0.05) is 13.2 Å². The minimum absolute atomic E-state index is 0.110. The van der Waals surface area contributed by atoms with Crippen molar-refractivity contribution in [3.8, 4) is 0 Å². The molecule has 1 fully saturated rings. The molecular formula is C14H18N2O4. The smallest absolute Gasteiger partial charge is 0.305 e. The van der Waals surface area contributed by atoms with Crippen LogP contribution in [0.2, 0.25) is 0 Å². The Morgan fingerprint density at radius 2 is 2.15 bits per heavy atom. The molecule has 0 bridgehead atoms. The highest BCUT2D eigenvalue weighted by atomic mass is 16.5. The molecule has 0 aliphatic carbocycles. The molecule has 1 saturated heterocycles. The summed E-state index contributed by atoms with van der Waals surface area (Å²) in [6.45, 7) is 1.06. The second-order valence-electron chi connectivity index (χ2n) is 4.75. The van der Waals surface area contributed by atoms with Gasteiger partial charge in [0.25, 0.3) is 0 Å². The molecule has 6 nitrogen and oxygen atoms in total. The summed E-state index contributed by atoms with van der Waals surface area (Å²) in [6, 6.07) is 6.97. The lowest BCUT2D eigenvalue weighted by Crippen LogP contribution is -2.38. The summed E-state index contributed by atoms with van der Waals surface area (Å²) in [5, 5.41) is 8.83. The van der Waals surface area contributed by atoms with Gasteiger partial charge in [0.1, 0.15) is 0 Å². The Hall–Kier alpha value is -2.08. The second kappa shape index (κ2) is 6.38. The van der Waals surface area contributed by atoms with Crippen LogP contribution in [0, 0.1) is 5.92 Å². The van der Waals surface area contributed by atoms with E-state index < -0.39 is 5.97 Å². The number of carbonyl (C=O) groups excluding carboxylic acids is 1. The van der Waals surface area contributed by atoms with Crippen LogP contribution < -0.4 is 10.6 Å². The van der Waals surface area contributed by atoms with Crippen LogP contribution in [0.5, 0.6) is 0 Å². The number of nitrogens with zero attached hydrogens (tertiary/aromatic N) is 1. The molecule has 0 spiro atoms.